The average molecular weight is 524 g/mol. The molecule has 0 aliphatic carbocycles. The summed E-state index contributed by atoms with van der Waals surface area (Å²) in [5.41, 5.74) is 3.04. The van der Waals surface area contributed by atoms with Crippen molar-refractivity contribution in [3.05, 3.63) is 96.2 Å². The first-order chi connectivity index (χ1) is 19.0. The fraction of sp³-hybridized carbons (Fsp3) is 0.172. The number of hydrogen-bond donors (Lipinski definition) is 2. The number of carbonyl (C=O) groups excluding carboxylic acids is 1. The van der Waals surface area contributed by atoms with Gasteiger partial charge in [0, 0.05) is 48.6 Å². The Hall–Kier alpha value is -4.70. The maximum Gasteiger partial charge on any atom is 0.256 e. The van der Waals surface area contributed by atoms with E-state index >= 15 is 0 Å². The highest BCUT2D eigenvalue weighted by molar-refractivity contribution is 6.03. The van der Waals surface area contributed by atoms with E-state index in [0.717, 1.165) is 25.3 Å². The van der Waals surface area contributed by atoms with Gasteiger partial charge in [-0.2, -0.15) is 0 Å². The van der Waals surface area contributed by atoms with Crippen molar-refractivity contribution in [3.8, 4) is 17.1 Å². The van der Waals surface area contributed by atoms with E-state index < -0.39 is 11.7 Å². The van der Waals surface area contributed by atoms with E-state index in [1.807, 2.05) is 16.7 Å². The molecule has 0 saturated carbocycles. The Balaban J connectivity index is 1.32. The SMILES string of the molecule is O=C(Nc1cc(-n2c(-c3ccc(F)cc3)nc3ccc(N4C[C@@H]5C[C@H]4CN5)nc32)ccn1)c1ccc(F)cc1. The monoisotopic (exact) mass is 523 g/mol. The van der Waals surface area contributed by atoms with Crippen LogP contribution in [0.15, 0.2) is 79.0 Å². The number of nitrogens with zero attached hydrogens (tertiary/aromatic N) is 5. The molecule has 0 radical (unpaired) electrons. The highest BCUT2D eigenvalue weighted by Crippen LogP contribution is 2.33. The minimum absolute atomic E-state index is 0.310. The second-order valence-electron chi connectivity index (χ2n) is 9.80. The largest absolute Gasteiger partial charge is 0.351 e. The summed E-state index contributed by atoms with van der Waals surface area (Å²) in [6, 6.07) is 19.8. The van der Waals surface area contributed by atoms with Crippen LogP contribution in [-0.4, -0.2) is 50.6 Å². The maximum atomic E-state index is 13.7. The van der Waals surface area contributed by atoms with Gasteiger partial charge in [-0.3, -0.25) is 9.36 Å². The number of aromatic nitrogens is 4. The van der Waals surface area contributed by atoms with Gasteiger partial charge in [0.15, 0.2) is 5.65 Å². The van der Waals surface area contributed by atoms with Crippen LogP contribution in [0.2, 0.25) is 0 Å². The number of benzene rings is 2. The molecule has 2 saturated heterocycles. The van der Waals surface area contributed by atoms with E-state index in [-0.39, 0.29) is 5.82 Å². The number of nitrogens with one attached hydrogen (secondary N) is 2. The standard InChI is InChI=1S/C29H23F2N7O/c30-19-5-1-17(2-6-19)27-34-24-9-10-26(37-16-21-13-23(37)15-33-21)36-28(24)38(27)22-11-12-32-25(14-22)35-29(39)18-3-7-20(31)8-4-18/h1-12,14,21,23,33H,13,15-16H2,(H,32,35,39)/t21-,23-/m0/s1. The van der Waals surface area contributed by atoms with E-state index in [9.17, 15) is 13.6 Å². The summed E-state index contributed by atoms with van der Waals surface area (Å²) in [5, 5.41) is 6.30. The van der Waals surface area contributed by atoms with Gasteiger partial charge in [-0.1, -0.05) is 0 Å². The highest BCUT2D eigenvalue weighted by Gasteiger charge is 2.38. The number of hydrogen-bond acceptors (Lipinski definition) is 6. The molecule has 2 bridgehead atoms. The van der Waals surface area contributed by atoms with E-state index in [0.29, 0.717) is 51.7 Å². The quantitative estimate of drug-likeness (QED) is 0.351. The maximum absolute atomic E-state index is 13.7. The van der Waals surface area contributed by atoms with Crippen molar-refractivity contribution in [2.45, 2.75) is 18.5 Å². The van der Waals surface area contributed by atoms with Gasteiger partial charge in [-0.05, 0) is 73.2 Å². The summed E-state index contributed by atoms with van der Waals surface area (Å²) < 4.78 is 28.9. The van der Waals surface area contributed by atoms with Gasteiger partial charge in [0.2, 0.25) is 0 Å². The molecule has 2 N–H and O–H groups in total. The smallest absolute Gasteiger partial charge is 0.256 e. The van der Waals surface area contributed by atoms with Crippen LogP contribution in [0, 0.1) is 11.6 Å². The Morgan fingerprint density at radius 3 is 2.44 bits per heavy atom. The fourth-order valence-corrected chi connectivity index (χ4v) is 5.40. The molecule has 3 aromatic heterocycles. The van der Waals surface area contributed by atoms with Crippen molar-refractivity contribution in [2.24, 2.45) is 0 Å². The molecule has 39 heavy (non-hydrogen) atoms. The zero-order valence-corrected chi connectivity index (χ0v) is 20.7. The molecule has 5 aromatic rings. The minimum Gasteiger partial charge on any atom is -0.351 e. The zero-order valence-electron chi connectivity index (χ0n) is 20.7. The van der Waals surface area contributed by atoms with Gasteiger partial charge >= 0.3 is 0 Å². The number of anilines is 2. The van der Waals surface area contributed by atoms with Crippen LogP contribution in [0.5, 0.6) is 0 Å². The van der Waals surface area contributed by atoms with Gasteiger partial charge < -0.3 is 15.5 Å². The Morgan fingerprint density at radius 2 is 1.72 bits per heavy atom. The first-order valence-corrected chi connectivity index (χ1v) is 12.7. The molecule has 2 aliphatic heterocycles. The van der Waals surface area contributed by atoms with E-state index in [2.05, 4.69) is 20.5 Å². The molecular weight excluding hydrogens is 500 g/mol. The minimum atomic E-state index is -0.420. The van der Waals surface area contributed by atoms with E-state index in [4.69, 9.17) is 9.97 Å². The normalized spacial score (nSPS) is 18.2. The lowest BCUT2D eigenvalue weighted by Crippen LogP contribution is -2.44. The number of piperazine rings is 1. The average Bonchev–Trinajstić information content (AvgIpc) is 3.68. The molecule has 2 aromatic carbocycles. The van der Waals surface area contributed by atoms with Gasteiger partial charge in [-0.25, -0.2) is 23.7 Å². The van der Waals surface area contributed by atoms with Crippen LogP contribution in [-0.2, 0) is 0 Å². The Labute approximate surface area is 222 Å². The Bertz CT molecular complexity index is 1700. The van der Waals surface area contributed by atoms with Crippen molar-refractivity contribution in [1.82, 2.24) is 24.8 Å². The second kappa shape index (κ2) is 9.25. The van der Waals surface area contributed by atoms with Crippen LogP contribution in [0.3, 0.4) is 0 Å². The molecule has 2 aliphatic rings. The lowest BCUT2D eigenvalue weighted by molar-refractivity contribution is 0.102. The topological polar surface area (TPSA) is 88.0 Å². The molecule has 0 spiro atoms. The van der Waals surface area contributed by atoms with Crippen molar-refractivity contribution < 1.29 is 13.6 Å². The van der Waals surface area contributed by atoms with Crippen molar-refractivity contribution in [2.75, 3.05) is 23.3 Å². The Morgan fingerprint density at radius 1 is 0.949 bits per heavy atom. The molecule has 8 nitrogen and oxygen atoms in total. The predicted octanol–water partition coefficient (Wildman–Crippen LogP) is 4.56. The highest BCUT2D eigenvalue weighted by atomic mass is 19.1. The third kappa shape index (κ3) is 4.28. The predicted molar refractivity (Wildman–Crippen MR) is 144 cm³/mol. The summed E-state index contributed by atoms with van der Waals surface area (Å²) in [6.07, 6.45) is 2.69. The summed E-state index contributed by atoms with van der Waals surface area (Å²) in [4.78, 5) is 29.3. The fourth-order valence-electron chi connectivity index (χ4n) is 5.40. The summed E-state index contributed by atoms with van der Waals surface area (Å²) in [6.45, 7) is 1.84. The third-order valence-electron chi connectivity index (χ3n) is 7.29. The first-order valence-electron chi connectivity index (χ1n) is 12.7. The molecule has 0 unspecified atom stereocenters. The van der Waals surface area contributed by atoms with Gasteiger partial charge in [0.25, 0.3) is 5.91 Å². The number of pyridine rings is 2. The molecule has 2 fully saturated rings. The van der Waals surface area contributed by atoms with Crippen LogP contribution in [0.25, 0.3) is 28.2 Å². The van der Waals surface area contributed by atoms with Crippen molar-refractivity contribution in [3.63, 3.8) is 0 Å². The zero-order chi connectivity index (χ0) is 26.5. The summed E-state index contributed by atoms with van der Waals surface area (Å²) in [7, 11) is 0. The first kappa shape index (κ1) is 23.4. The van der Waals surface area contributed by atoms with Crippen molar-refractivity contribution >= 4 is 28.7 Å². The molecule has 5 heterocycles. The molecule has 7 rings (SSSR count). The van der Waals surface area contributed by atoms with Crippen LogP contribution >= 0.6 is 0 Å². The van der Waals surface area contributed by atoms with E-state index in [1.54, 1.807) is 30.5 Å². The van der Waals surface area contributed by atoms with Gasteiger partial charge in [0.05, 0.1) is 5.69 Å². The van der Waals surface area contributed by atoms with Gasteiger partial charge in [-0.15, -0.1) is 0 Å². The molecular formula is C29H23F2N7O. The second-order valence-corrected chi connectivity index (χ2v) is 9.80. The number of fused-ring (bicyclic) bond motifs is 3. The van der Waals surface area contributed by atoms with Crippen LogP contribution in [0.4, 0.5) is 20.4 Å². The van der Waals surface area contributed by atoms with Crippen molar-refractivity contribution in [1.29, 1.82) is 0 Å². The summed E-state index contributed by atoms with van der Waals surface area (Å²) in [5.74, 6) is 0.606. The Kier molecular flexibility index (Phi) is 5.55. The number of halogens is 2. The van der Waals surface area contributed by atoms with Gasteiger partial charge in [0.1, 0.15) is 34.6 Å². The summed E-state index contributed by atoms with van der Waals surface area (Å²) >= 11 is 0. The number of imidazole rings is 1. The third-order valence-corrected chi connectivity index (χ3v) is 7.29. The number of carbonyl (C=O) groups is 1. The molecule has 2 atom stereocenters. The lowest BCUT2D eigenvalue weighted by Gasteiger charge is -2.28. The van der Waals surface area contributed by atoms with Crippen LogP contribution < -0.4 is 15.5 Å². The molecule has 1 amide bonds. The van der Waals surface area contributed by atoms with Crippen LogP contribution in [0.1, 0.15) is 16.8 Å². The molecule has 194 valence electrons. The number of rotatable bonds is 5. The number of amides is 1. The molecule has 10 heteroatoms. The van der Waals surface area contributed by atoms with E-state index in [1.165, 1.54) is 36.4 Å². The lowest BCUT2D eigenvalue weighted by atomic mass is 10.2.